The number of hydrogen-bond donors (Lipinski definition) is 8. The number of imide groups is 1. The van der Waals surface area contributed by atoms with E-state index in [0.717, 1.165) is 96.4 Å². The highest BCUT2D eigenvalue weighted by Crippen LogP contribution is 2.37. The Hall–Kier alpha value is -5.90. The minimum atomic E-state index is -3.42. The van der Waals surface area contributed by atoms with Crippen LogP contribution < -0.4 is 32.0 Å². The Balaban J connectivity index is 0.000000297. The van der Waals surface area contributed by atoms with Crippen LogP contribution >= 0.6 is 27.9 Å². The molecule has 3 aliphatic heterocycles. The number of nitrogens with zero attached hydrogens (tertiary/aromatic N) is 4. The summed E-state index contributed by atoms with van der Waals surface area (Å²) < 4.78 is 9.57. The van der Waals surface area contributed by atoms with Gasteiger partial charge in [-0.1, -0.05) is 124 Å². The molecule has 3 aliphatic rings. The van der Waals surface area contributed by atoms with Gasteiger partial charge in [-0.3, -0.25) is 39.5 Å². The molecule has 0 aliphatic carbocycles. The fourth-order valence-corrected chi connectivity index (χ4v) is 11.6. The van der Waals surface area contributed by atoms with E-state index in [4.69, 9.17) is 48.2 Å². The number of aryl methyl sites for hydroxylation is 2. The van der Waals surface area contributed by atoms with Crippen molar-refractivity contribution in [3.8, 4) is 0 Å². The smallest absolute Gasteiger partial charge is 0.327 e. The van der Waals surface area contributed by atoms with Gasteiger partial charge < -0.3 is 59.7 Å². The van der Waals surface area contributed by atoms with E-state index >= 15 is 0 Å². The molecule has 1 saturated heterocycles. The Morgan fingerprint density at radius 2 is 1.24 bits per heavy atom. The highest BCUT2D eigenvalue weighted by Gasteiger charge is 2.38. The third-order valence-electron chi connectivity index (χ3n) is 13.8. The molecule has 6 amide bonds. The maximum Gasteiger partial charge on any atom is 0.327 e. The summed E-state index contributed by atoms with van der Waals surface area (Å²) in [6, 6.07) is 30.9. The van der Waals surface area contributed by atoms with Gasteiger partial charge >= 0.3 is 8.60 Å². The Kier molecular flexibility index (Phi) is 29.0. The largest absolute Gasteiger partial charge is 0.396 e. The summed E-state index contributed by atoms with van der Waals surface area (Å²) in [6.07, 6.45) is 11.8. The number of benzene rings is 4. The zero-order valence-corrected chi connectivity index (χ0v) is 50.3. The van der Waals surface area contributed by atoms with E-state index in [1.165, 1.54) is 22.2 Å². The van der Waals surface area contributed by atoms with E-state index in [2.05, 4.69) is 35.1 Å². The zero-order valence-electron chi connectivity index (χ0n) is 47.7. The van der Waals surface area contributed by atoms with E-state index < -0.39 is 21.4 Å². The third kappa shape index (κ3) is 21.9. The van der Waals surface area contributed by atoms with E-state index in [1.54, 1.807) is 9.80 Å². The van der Waals surface area contributed by atoms with Crippen LogP contribution in [0.25, 0.3) is 11.4 Å². The average Bonchev–Trinajstić information content (AvgIpc) is 3.97. The Bertz CT molecular complexity index is 2880. The predicted octanol–water partition coefficient (Wildman–Crippen LogP) is 7.12. The van der Waals surface area contributed by atoms with Crippen LogP contribution in [0, 0.1) is 0 Å². The number of rotatable bonds is 27. The van der Waals surface area contributed by atoms with Crippen molar-refractivity contribution in [3.05, 3.63) is 130 Å². The van der Waals surface area contributed by atoms with Gasteiger partial charge in [0.1, 0.15) is 0 Å². The second kappa shape index (κ2) is 35.4. The van der Waals surface area contributed by atoms with Gasteiger partial charge in [0.05, 0.1) is 48.6 Å². The first-order chi connectivity index (χ1) is 39.9. The highest BCUT2D eigenvalue weighted by molar-refractivity contribution is 8.00. The lowest BCUT2D eigenvalue weighted by Crippen LogP contribution is -2.37. The summed E-state index contributed by atoms with van der Waals surface area (Å²) in [5.74, 6) is 5.40. The van der Waals surface area contributed by atoms with Gasteiger partial charge in [-0.05, 0) is 85.0 Å². The molecule has 3 heterocycles. The van der Waals surface area contributed by atoms with Crippen LogP contribution in [0.15, 0.2) is 97.1 Å². The Labute approximate surface area is 495 Å². The Morgan fingerprint density at radius 1 is 0.699 bits per heavy atom. The number of para-hydroxylation sites is 2. The van der Waals surface area contributed by atoms with Crippen molar-refractivity contribution in [1.82, 2.24) is 20.5 Å². The molecule has 4 aromatic carbocycles. The van der Waals surface area contributed by atoms with Crippen molar-refractivity contribution in [2.75, 3.05) is 48.4 Å². The number of hydrazine groups is 1. The van der Waals surface area contributed by atoms with E-state index in [0.29, 0.717) is 48.8 Å². The van der Waals surface area contributed by atoms with Crippen LogP contribution in [0.2, 0.25) is 0 Å². The fourth-order valence-electron chi connectivity index (χ4n) is 9.70. The molecule has 0 spiro atoms. The third-order valence-corrected chi connectivity index (χ3v) is 16.1. The molecule has 2 radical (unpaired) electrons. The highest BCUT2D eigenvalue weighted by atomic mass is 32.2. The minimum absolute atomic E-state index is 0.00504. The van der Waals surface area contributed by atoms with Gasteiger partial charge in [0.25, 0.3) is 7.98 Å². The number of unbranched alkanes of at least 4 members (excludes halogenated alkanes) is 6. The number of hydrogen-bond acceptors (Lipinski definition) is 16. The number of anilines is 2. The monoisotopic (exact) mass is 1200 g/mol. The topological polar surface area (TPSA) is 291 Å². The van der Waals surface area contributed by atoms with Gasteiger partial charge in [0.2, 0.25) is 43.0 Å². The molecular weight excluding hydrogens is 1120 g/mol. The van der Waals surface area contributed by atoms with E-state index in [1.807, 2.05) is 92.7 Å². The van der Waals surface area contributed by atoms with Gasteiger partial charge in [-0.15, -0.1) is 11.8 Å². The molecule has 24 heteroatoms. The molecule has 4 aromatic rings. The lowest BCUT2D eigenvalue weighted by Gasteiger charge is -2.32. The zero-order chi connectivity index (χ0) is 60.3. The first-order valence-corrected chi connectivity index (χ1v) is 32.3. The van der Waals surface area contributed by atoms with Crippen molar-refractivity contribution >= 4 is 100 Å². The summed E-state index contributed by atoms with van der Waals surface area (Å²) >= 11 is 1.46. The number of fused-ring (bicyclic) bond motifs is 4. The molecule has 10 N–H and O–H groups in total. The summed E-state index contributed by atoms with van der Waals surface area (Å²) in [7, 11) is 0.222. The Morgan fingerprint density at radius 3 is 1.94 bits per heavy atom. The van der Waals surface area contributed by atoms with Crippen LogP contribution in [0.3, 0.4) is 0 Å². The SMILES string of the molecule is CC.O=C(CCN1C(=O)CC(SCCCCCCOP(O)O)C1=O)NCCC(=O)N1Cc2ccccc2CCc2ccccc21.[B]N(N)/C1=C(\N)c2ccccc2N(C(=O)CCC(=O)NCCCCCCOP(=C)(O)O)Cc2ccccc21. The molecule has 20 nitrogen and oxygen atoms in total. The van der Waals surface area contributed by atoms with Crippen LogP contribution in [0.4, 0.5) is 11.4 Å². The van der Waals surface area contributed by atoms with Crippen molar-refractivity contribution in [1.29, 1.82) is 0 Å². The van der Waals surface area contributed by atoms with E-state index in [-0.39, 0.29) is 93.8 Å². The number of amides is 6. The number of carbonyl (C=O) groups is 6. The fraction of sp³-hybridized carbons (Fsp3) is 0.441. The second-order valence-electron chi connectivity index (χ2n) is 19.8. The van der Waals surface area contributed by atoms with Crippen LogP contribution in [-0.2, 0) is 63.7 Å². The number of likely N-dealkylation sites (tertiary alicyclic amines) is 1. The maximum absolute atomic E-state index is 13.4. The molecule has 0 bridgehead atoms. The van der Waals surface area contributed by atoms with Crippen molar-refractivity contribution in [2.45, 2.75) is 128 Å². The van der Waals surface area contributed by atoms with Gasteiger partial charge in [-0.2, -0.15) is 0 Å². The number of carbonyl (C=O) groups excluding carboxylic acids is 6. The standard InChI is InChI=1S/C31H40N3O7PS.C26H35BN5O5P.C2H6/c35-28(16-18-33-30(37)21-27(31(33)38)43-20-8-2-1-7-19-41-42(39)40)32-17-15-29(36)34-22-25-11-4-3-9-23(25)13-14-24-10-5-6-12-26(24)34;1-38(35,36)37-17-9-3-2-8-16-30-23(33)14-15-24(34)31-18-19-10-4-5-11-20(19)26(32(27)29)25(28)21-12-6-7-13-22(21)31;1-2/h3-6,9-12,27,39-40H,1-2,7-8,13-22H2,(H,32,35);4-7,10-13,35-36H,1-3,8-9,14-18,28-29H2,(H,30,33);1-2H3/b;26-25-;. The summed E-state index contributed by atoms with van der Waals surface area (Å²) in [5, 5.41) is 5.21. The number of nitrogens with two attached hydrogens (primary N) is 2. The molecule has 1 unspecified atom stereocenters. The molecule has 0 saturated carbocycles. The number of thioether (sulfide) groups is 1. The van der Waals surface area contributed by atoms with Crippen molar-refractivity contribution in [2.24, 2.45) is 11.6 Å². The number of nitrogens with one attached hydrogen (secondary N) is 2. The predicted molar refractivity (Wildman–Crippen MR) is 330 cm³/mol. The molecule has 1 atom stereocenters. The minimum Gasteiger partial charge on any atom is -0.396 e. The average molecular weight is 1200 g/mol. The molecule has 83 heavy (non-hydrogen) atoms. The van der Waals surface area contributed by atoms with Crippen LogP contribution in [0.1, 0.15) is 131 Å². The summed E-state index contributed by atoms with van der Waals surface area (Å²) in [5.41, 5.74) is 14.5. The molecule has 1 fully saturated rings. The molecular formula is C59H81BN8O12P2S. The lowest BCUT2D eigenvalue weighted by atomic mass is 9.94. The molecule has 448 valence electrons. The van der Waals surface area contributed by atoms with Crippen LogP contribution in [-0.4, -0.2) is 123 Å². The molecule has 0 aromatic heterocycles. The first kappa shape index (κ1) is 67.9. The summed E-state index contributed by atoms with van der Waals surface area (Å²) in [6.45, 7) is 5.99. The normalized spacial score (nSPS) is 15.6. The van der Waals surface area contributed by atoms with Crippen molar-refractivity contribution in [3.63, 3.8) is 0 Å². The van der Waals surface area contributed by atoms with E-state index in [9.17, 15) is 28.8 Å². The van der Waals surface area contributed by atoms with Gasteiger partial charge in [0.15, 0.2) is 0 Å². The lowest BCUT2D eigenvalue weighted by molar-refractivity contribution is -0.138. The van der Waals surface area contributed by atoms with Gasteiger partial charge in [-0.25, -0.2) is 0 Å². The second-order valence-corrected chi connectivity index (χ2v) is 23.4. The first-order valence-electron chi connectivity index (χ1n) is 28.3. The maximum atomic E-state index is 13.4. The van der Waals surface area contributed by atoms with Crippen LogP contribution in [0.5, 0.6) is 0 Å². The van der Waals surface area contributed by atoms with Gasteiger partial charge in [0, 0.05) is 68.6 Å². The molecule has 7 rings (SSSR count). The van der Waals surface area contributed by atoms with Crippen molar-refractivity contribution < 1.29 is 57.4 Å². The quantitative estimate of drug-likeness (QED) is 0.00736. The summed E-state index contributed by atoms with van der Waals surface area (Å²) in [4.78, 5) is 118.